The fourth-order valence-corrected chi connectivity index (χ4v) is 2.15. The van der Waals surface area contributed by atoms with Crippen LogP contribution in [-0.2, 0) is 13.1 Å². The number of nitrogens with one attached hydrogen (secondary N) is 1. The Kier molecular flexibility index (Phi) is 5.04. The zero-order valence-corrected chi connectivity index (χ0v) is 12.5. The predicted molar refractivity (Wildman–Crippen MR) is 82.2 cm³/mol. The van der Waals surface area contributed by atoms with E-state index in [4.69, 9.17) is 4.74 Å². The van der Waals surface area contributed by atoms with Gasteiger partial charge in [-0.2, -0.15) is 0 Å². The van der Waals surface area contributed by atoms with Gasteiger partial charge in [0.2, 0.25) is 5.95 Å². The Hall–Kier alpha value is -1.97. The highest BCUT2D eigenvalue weighted by Gasteiger charge is 2.05. The molecule has 4 heteroatoms. The molecule has 0 amide bonds. The summed E-state index contributed by atoms with van der Waals surface area (Å²) in [4.78, 5) is 4.54. The van der Waals surface area contributed by atoms with Crippen molar-refractivity contribution in [2.24, 2.45) is 0 Å². The molecule has 0 spiro atoms. The Morgan fingerprint density at radius 2 is 2.20 bits per heavy atom. The number of aromatic nitrogens is 2. The maximum atomic E-state index is 5.24. The van der Waals surface area contributed by atoms with Crippen molar-refractivity contribution in [1.82, 2.24) is 9.55 Å². The van der Waals surface area contributed by atoms with Gasteiger partial charge in [-0.3, -0.25) is 0 Å². The highest BCUT2D eigenvalue weighted by Crippen LogP contribution is 2.15. The van der Waals surface area contributed by atoms with Crippen molar-refractivity contribution in [2.45, 2.75) is 39.8 Å². The summed E-state index contributed by atoms with van der Waals surface area (Å²) in [6.07, 6.45) is 4.46. The summed E-state index contributed by atoms with van der Waals surface area (Å²) in [5.41, 5.74) is 2.24. The molecule has 20 heavy (non-hydrogen) atoms. The van der Waals surface area contributed by atoms with Gasteiger partial charge in [-0.1, -0.05) is 25.5 Å². The number of aryl methyl sites for hydroxylation is 2. The molecule has 4 nitrogen and oxygen atoms in total. The van der Waals surface area contributed by atoms with Crippen LogP contribution in [0, 0.1) is 6.92 Å². The van der Waals surface area contributed by atoms with E-state index in [-0.39, 0.29) is 0 Å². The Labute approximate surface area is 120 Å². The molecule has 0 saturated carbocycles. The van der Waals surface area contributed by atoms with E-state index >= 15 is 0 Å². The van der Waals surface area contributed by atoms with Crippen molar-refractivity contribution < 1.29 is 4.74 Å². The molecule has 0 unspecified atom stereocenters. The fraction of sp³-hybridized carbons (Fsp3) is 0.438. The zero-order valence-electron chi connectivity index (χ0n) is 12.5. The molecule has 2 rings (SSSR count). The van der Waals surface area contributed by atoms with Gasteiger partial charge >= 0.3 is 0 Å². The molecular formula is C16H23N3O. The molecule has 1 aromatic heterocycles. The van der Waals surface area contributed by atoms with Crippen molar-refractivity contribution >= 4 is 5.95 Å². The van der Waals surface area contributed by atoms with Gasteiger partial charge < -0.3 is 14.6 Å². The Balaban J connectivity index is 2.02. The average molecular weight is 273 g/mol. The molecule has 1 heterocycles. The van der Waals surface area contributed by atoms with Gasteiger partial charge in [0.1, 0.15) is 5.75 Å². The van der Waals surface area contributed by atoms with E-state index in [2.05, 4.69) is 34.1 Å². The lowest BCUT2D eigenvalue weighted by Gasteiger charge is -2.10. The maximum absolute atomic E-state index is 5.24. The van der Waals surface area contributed by atoms with Gasteiger partial charge in [0.15, 0.2) is 0 Å². The van der Waals surface area contributed by atoms with Crippen molar-refractivity contribution in [2.75, 3.05) is 12.4 Å². The number of benzene rings is 1. The monoisotopic (exact) mass is 273 g/mol. The van der Waals surface area contributed by atoms with Crippen LogP contribution >= 0.6 is 0 Å². The molecule has 1 aromatic carbocycles. The van der Waals surface area contributed by atoms with Gasteiger partial charge in [-0.25, -0.2) is 4.98 Å². The van der Waals surface area contributed by atoms with Crippen LogP contribution < -0.4 is 10.1 Å². The number of ether oxygens (including phenoxy) is 1. The summed E-state index contributed by atoms with van der Waals surface area (Å²) >= 11 is 0. The number of rotatable bonds is 7. The number of anilines is 1. The van der Waals surface area contributed by atoms with E-state index in [9.17, 15) is 0 Å². The van der Waals surface area contributed by atoms with Crippen LogP contribution in [0.25, 0.3) is 0 Å². The van der Waals surface area contributed by atoms with Crippen molar-refractivity contribution in [3.05, 3.63) is 41.7 Å². The molecule has 0 bridgehead atoms. The van der Waals surface area contributed by atoms with E-state index in [1.807, 2.05) is 25.1 Å². The lowest BCUT2D eigenvalue weighted by Crippen LogP contribution is -2.07. The molecule has 0 saturated heterocycles. The van der Waals surface area contributed by atoms with Crippen molar-refractivity contribution in [1.29, 1.82) is 0 Å². The largest absolute Gasteiger partial charge is 0.497 e. The molecule has 0 aliphatic carbocycles. The SMILES string of the molecule is CCCCn1cc(C)nc1NCc1cccc(OC)c1. The van der Waals surface area contributed by atoms with E-state index in [0.29, 0.717) is 0 Å². The first-order valence-corrected chi connectivity index (χ1v) is 7.13. The first-order valence-electron chi connectivity index (χ1n) is 7.13. The standard InChI is InChI=1S/C16H23N3O/c1-4-5-9-19-12-13(2)18-16(19)17-11-14-7-6-8-15(10-14)20-3/h6-8,10,12H,4-5,9,11H2,1-3H3,(H,17,18). The number of methoxy groups -OCH3 is 1. The second-order valence-corrected chi connectivity index (χ2v) is 4.96. The third-order valence-corrected chi connectivity index (χ3v) is 3.23. The first kappa shape index (κ1) is 14.4. The minimum atomic E-state index is 0.750. The maximum Gasteiger partial charge on any atom is 0.203 e. The fourth-order valence-electron chi connectivity index (χ4n) is 2.15. The van der Waals surface area contributed by atoms with Crippen molar-refractivity contribution in [3.8, 4) is 5.75 Å². The summed E-state index contributed by atoms with van der Waals surface area (Å²) in [6.45, 7) is 5.99. The molecule has 2 aromatic rings. The van der Waals surface area contributed by atoms with Crippen LogP contribution in [0.15, 0.2) is 30.5 Å². The summed E-state index contributed by atoms with van der Waals surface area (Å²) in [7, 11) is 1.69. The predicted octanol–water partition coefficient (Wildman–Crippen LogP) is 3.61. The Morgan fingerprint density at radius 1 is 1.35 bits per heavy atom. The molecule has 0 aliphatic rings. The highest BCUT2D eigenvalue weighted by molar-refractivity contribution is 5.34. The Bertz CT molecular complexity index is 548. The van der Waals surface area contributed by atoms with Crippen LogP contribution in [0.4, 0.5) is 5.95 Å². The third-order valence-electron chi connectivity index (χ3n) is 3.23. The molecule has 0 aliphatic heterocycles. The Morgan fingerprint density at radius 3 is 2.95 bits per heavy atom. The topological polar surface area (TPSA) is 39.1 Å². The number of hydrogen-bond donors (Lipinski definition) is 1. The molecule has 0 radical (unpaired) electrons. The van der Waals surface area contributed by atoms with E-state index in [1.54, 1.807) is 7.11 Å². The van der Waals surface area contributed by atoms with Crippen LogP contribution in [0.1, 0.15) is 31.0 Å². The summed E-state index contributed by atoms with van der Waals surface area (Å²) in [6, 6.07) is 8.08. The summed E-state index contributed by atoms with van der Waals surface area (Å²) < 4.78 is 7.43. The minimum absolute atomic E-state index is 0.750. The summed E-state index contributed by atoms with van der Waals surface area (Å²) in [5, 5.41) is 3.41. The van der Waals surface area contributed by atoms with E-state index in [0.717, 1.165) is 30.5 Å². The highest BCUT2D eigenvalue weighted by atomic mass is 16.5. The lowest BCUT2D eigenvalue weighted by atomic mass is 10.2. The van der Waals surface area contributed by atoms with E-state index in [1.165, 1.54) is 18.4 Å². The molecule has 0 fully saturated rings. The summed E-state index contributed by atoms with van der Waals surface area (Å²) in [5.74, 6) is 1.83. The lowest BCUT2D eigenvalue weighted by molar-refractivity contribution is 0.414. The number of nitrogens with zero attached hydrogens (tertiary/aromatic N) is 2. The molecule has 1 N–H and O–H groups in total. The first-order chi connectivity index (χ1) is 9.72. The van der Waals surface area contributed by atoms with Gasteiger partial charge in [0.25, 0.3) is 0 Å². The molecular weight excluding hydrogens is 250 g/mol. The zero-order chi connectivity index (χ0) is 14.4. The third kappa shape index (κ3) is 3.76. The smallest absolute Gasteiger partial charge is 0.203 e. The van der Waals surface area contributed by atoms with Gasteiger partial charge in [-0.05, 0) is 31.0 Å². The normalized spacial score (nSPS) is 10.6. The number of hydrogen-bond acceptors (Lipinski definition) is 3. The second kappa shape index (κ2) is 6.98. The second-order valence-electron chi connectivity index (χ2n) is 4.96. The van der Waals surface area contributed by atoms with E-state index < -0.39 is 0 Å². The number of unbranched alkanes of at least 4 members (excludes halogenated alkanes) is 1. The molecule has 0 atom stereocenters. The van der Waals surface area contributed by atoms with Gasteiger partial charge in [0.05, 0.1) is 12.8 Å². The number of imidazole rings is 1. The van der Waals surface area contributed by atoms with Gasteiger partial charge in [-0.15, -0.1) is 0 Å². The average Bonchev–Trinajstić information content (AvgIpc) is 2.83. The van der Waals surface area contributed by atoms with Gasteiger partial charge in [0, 0.05) is 19.3 Å². The van der Waals surface area contributed by atoms with Crippen molar-refractivity contribution in [3.63, 3.8) is 0 Å². The minimum Gasteiger partial charge on any atom is -0.497 e. The molecule has 108 valence electrons. The van der Waals surface area contributed by atoms with Crippen LogP contribution in [0.3, 0.4) is 0 Å². The van der Waals surface area contributed by atoms with Crippen LogP contribution in [-0.4, -0.2) is 16.7 Å². The van der Waals surface area contributed by atoms with Crippen LogP contribution in [0.2, 0.25) is 0 Å². The van der Waals surface area contributed by atoms with Crippen LogP contribution in [0.5, 0.6) is 5.75 Å². The quantitative estimate of drug-likeness (QED) is 0.837.